The lowest BCUT2D eigenvalue weighted by Crippen LogP contribution is -2.49. The summed E-state index contributed by atoms with van der Waals surface area (Å²) < 4.78 is 26.9. The topological polar surface area (TPSA) is 95.6 Å². The van der Waals surface area contributed by atoms with Crippen molar-refractivity contribution in [2.75, 3.05) is 19.6 Å². The number of fused-ring (bicyclic) bond motifs is 1. The molecule has 2 N–H and O–H groups in total. The first-order valence-electron chi connectivity index (χ1n) is 10.0. The maximum absolute atomic E-state index is 12.9. The van der Waals surface area contributed by atoms with E-state index in [9.17, 15) is 18.0 Å². The molecule has 3 aromatic rings. The molecule has 0 aromatic heterocycles. The number of amides is 2. The summed E-state index contributed by atoms with van der Waals surface area (Å²) in [4.78, 5) is 24.4. The molecule has 0 aliphatic carbocycles. The molecule has 1 aliphatic rings. The highest BCUT2D eigenvalue weighted by molar-refractivity contribution is 7.89. The standard InChI is InChI=1S/C23H23N3O4S/c1-16(18-10-9-17-5-2-3-6-19(17)13-18)25-23(28)20-7-4-8-21(14-20)31(29,30)26-12-11-24-22(27)15-26/h2-10,13-14,16H,11-12,15H2,1H3,(H,24,27)(H,25,28). The van der Waals surface area contributed by atoms with Gasteiger partial charge < -0.3 is 10.6 Å². The fourth-order valence-electron chi connectivity index (χ4n) is 3.61. The highest BCUT2D eigenvalue weighted by Gasteiger charge is 2.29. The van der Waals surface area contributed by atoms with Gasteiger partial charge in [-0.3, -0.25) is 9.59 Å². The number of sulfonamides is 1. The summed E-state index contributed by atoms with van der Waals surface area (Å²) in [5.41, 5.74) is 1.20. The second-order valence-electron chi connectivity index (χ2n) is 7.52. The van der Waals surface area contributed by atoms with Gasteiger partial charge in [0.2, 0.25) is 15.9 Å². The molecule has 4 rings (SSSR count). The van der Waals surface area contributed by atoms with Crippen molar-refractivity contribution in [3.05, 3.63) is 77.9 Å². The Morgan fingerprint density at radius 2 is 1.81 bits per heavy atom. The van der Waals surface area contributed by atoms with E-state index in [1.807, 2.05) is 49.4 Å². The van der Waals surface area contributed by atoms with Crippen LogP contribution in [0.3, 0.4) is 0 Å². The Morgan fingerprint density at radius 1 is 1.03 bits per heavy atom. The maximum Gasteiger partial charge on any atom is 0.251 e. The Morgan fingerprint density at radius 3 is 2.58 bits per heavy atom. The third kappa shape index (κ3) is 4.45. The van der Waals surface area contributed by atoms with Crippen molar-refractivity contribution in [3.63, 3.8) is 0 Å². The summed E-state index contributed by atoms with van der Waals surface area (Å²) in [6.07, 6.45) is 0. The van der Waals surface area contributed by atoms with Gasteiger partial charge in [-0.15, -0.1) is 0 Å². The number of hydrogen-bond acceptors (Lipinski definition) is 4. The first-order chi connectivity index (χ1) is 14.8. The van der Waals surface area contributed by atoms with E-state index >= 15 is 0 Å². The SMILES string of the molecule is CC(NC(=O)c1cccc(S(=O)(=O)N2CCNC(=O)C2)c1)c1ccc2ccccc2c1. The number of carbonyl (C=O) groups is 2. The summed E-state index contributed by atoms with van der Waals surface area (Å²) in [6, 6.07) is 19.6. The van der Waals surface area contributed by atoms with Crippen LogP contribution in [0.4, 0.5) is 0 Å². The zero-order chi connectivity index (χ0) is 22.0. The van der Waals surface area contributed by atoms with Gasteiger partial charge in [-0.25, -0.2) is 8.42 Å². The number of hydrogen-bond donors (Lipinski definition) is 2. The molecule has 2 amide bonds. The van der Waals surface area contributed by atoms with Gasteiger partial charge in [0, 0.05) is 18.7 Å². The van der Waals surface area contributed by atoms with E-state index in [0.717, 1.165) is 20.6 Å². The second kappa shape index (κ2) is 8.49. The summed E-state index contributed by atoms with van der Waals surface area (Å²) in [5.74, 6) is -0.706. The van der Waals surface area contributed by atoms with Crippen molar-refractivity contribution < 1.29 is 18.0 Å². The van der Waals surface area contributed by atoms with Gasteiger partial charge in [-0.2, -0.15) is 4.31 Å². The quantitative estimate of drug-likeness (QED) is 0.641. The van der Waals surface area contributed by atoms with Crippen LogP contribution in [0, 0.1) is 0 Å². The molecule has 1 atom stereocenters. The van der Waals surface area contributed by atoms with Crippen molar-refractivity contribution in [1.29, 1.82) is 0 Å². The number of carbonyl (C=O) groups excluding carboxylic acids is 2. The smallest absolute Gasteiger partial charge is 0.251 e. The van der Waals surface area contributed by atoms with Crippen LogP contribution >= 0.6 is 0 Å². The van der Waals surface area contributed by atoms with Crippen molar-refractivity contribution in [2.45, 2.75) is 17.9 Å². The predicted octanol–water partition coefficient (Wildman–Crippen LogP) is 2.45. The normalized spacial score (nSPS) is 16.0. The highest BCUT2D eigenvalue weighted by atomic mass is 32.2. The lowest BCUT2D eigenvalue weighted by Gasteiger charge is -2.26. The molecule has 3 aromatic carbocycles. The zero-order valence-corrected chi connectivity index (χ0v) is 17.9. The number of piperazine rings is 1. The van der Waals surface area contributed by atoms with Gasteiger partial charge in [0.1, 0.15) is 0 Å². The molecular formula is C23H23N3O4S. The summed E-state index contributed by atoms with van der Waals surface area (Å²) in [6.45, 7) is 2.12. The largest absolute Gasteiger partial charge is 0.354 e. The lowest BCUT2D eigenvalue weighted by molar-refractivity contribution is -0.122. The van der Waals surface area contributed by atoms with Gasteiger partial charge in [-0.05, 0) is 47.5 Å². The zero-order valence-electron chi connectivity index (χ0n) is 17.0. The molecule has 1 fully saturated rings. The molecule has 0 spiro atoms. The predicted molar refractivity (Wildman–Crippen MR) is 118 cm³/mol. The summed E-state index contributed by atoms with van der Waals surface area (Å²) in [5, 5.41) is 7.74. The molecule has 0 bridgehead atoms. The third-order valence-corrected chi connectivity index (χ3v) is 7.20. The van der Waals surface area contributed by atoms with Crippen LogP contribution in [-0.2, 0) is 14.8 Å². The first-order valence-corrected chi connectivity index (χ1v) is 11.4. The van der Waals surface area contributed by atoms with E-state index in [1.54, 1.807) is 6.07 Å². The average Bonchev–Trinajstić information content (AvgIpc) is 2.78. The van der Waals surface area contributed by atoms with Gasteiger partial charge in [0.05, 0.1) is 17.5 Å². The molecule has 160 valence electrons. The lowest BCUT2D eigenvalue weighted by atomic mass is 10.0. The van der Waals surface area contributed by atoms with Gasteiger partial charge in [0.25, 0.3) is 5.91 Å². The van der Waals surface area contributed by atoms with E-state index in [4.69, 9.17) is 0 Å². The van der Waals surface area contributed by atoms with Crippen LogP contribution in [0.5, 0.6) is 0 Å². The molecule has 0 saturated carbocycles. The summed E-state index contributed by atoms with van der Waals surface area (Å²) in [7, 11) is -3.86. The fraction of sp³-hybridized carbons (Fsp3) is 0.217. The molecule has 1 unspecified atom stereocenters. The Kier molecular flexibility index (Phi) is 5.75. The van der Waals surface area contributed by atoms with Crippen LogP contribution in [-0.4, -0.2) is 44.2 Å². The number of nitrogens with one attached hydrogen (secondary N) is 2. The molecular weight excluding hydrogens is 414 g/mol. The Bertz CT molecular complexity index is 1260. The van der Waals surface area contributed by atoms with E-state index < -0.39 is 10.0 Å². The van der Waals surface area contributed by atoms with Crippen LogP contribution in [0.25, 0.3) is 10.8 Å². The number of benzene rings is 3. The minimum Gasteiger partial charge on any atom is -0.354 e. The maximum atomic E-state index is 12.9. The van der Waals surface area contributed by atoms with Gasteiger partial charge in [0.15, 0.2) is 0 Å². The average molecular weight is 438 g/mol. The molecule has 0 radical (unpaired) electrons. The van der Waals surface area contributed by atoms with Crippen LogP contribution in [0.1, 0.15) is 28.9 Å². The molecule has 31 heavy (non-hydrogen) atoms. The van der Waals surface area contributed by atoms with Crippen molar-refractivity contribution in [2.24, 2.45) is 0 Å². The third-order valence-electron chi connectivity index (χ3n) is 5.36. The van der Waals surface area contributed by atoms with Crippen molar-refractivity contribution in [3.8, 4) is 0 Å². The van der Waals surface area contributed by atoms with Gasteiger partial charge in [-0.1, -0.05) is 42.5 Å². The number of nitrogens with zero attached hydrogens (tertiary/aromatic N) is 1. The monoisotopic (exact) mass is 437 g/mol. The van der Waals surface area contributed by atoms with Gasteiger partial charge >= 0.3 is 0 Å². The van der Waals surface area contributed by atoms with E-state index in [2.05, 4.69) is 10.6 Å². The number of rotatable bonds is 5. The highest BCUT2D eigenvalue weighted by Crippen LogP contribution is 2.22. The van der Waals surface area contributed by atoms with E-state index in [0.29, 0.717) is 0 Å². The second-order valence-corrected chi connectivity index (χ2v) is 9.46. The molecule has 1 heterocycles. The minimum atomic E-state index is -3.86. The molecule has 8 heteroatoms. The fourth-order valence-corrected chi connectivity index (χ4v) is 5.05. The van der Waals surface area contributed by atoms with Crippen LogP contribution < -0.4 is 10.6 Å². The first kappa shape index (κ1) is 21.0. The van der Waals surface area contributed by atoms with E-state index in [1.165, 1.54) is 18.2 Å². The summed E-state index contributed by atoms with van der Waals surface area (Å²) >= 11 is 0. The van der Waals surface area contributed by atoms with Crippen molar-refractivity contribution in [1.82, 2.24) is 14.9 Å². The van der Waals surface area contributed by atoms with E-state index in [-0.39, 0.29) is 47.9 Å². The molecule has 1 saturated heterocycles. The van der Waals surface area contributed by atoms with Crippen LogP contribution in [0.2, 0.25) is 0 Å². The molecule has 7 nitrogen and oxygen atoms in total. The van der Waals surface area contributed by atoms with Crippen LogP contribution in [0.15, 0.2) is 71.6 Å². The van der Waals surface area contributed by atoms with Crippen molar-refractivity contribution >= 4 is 32.6 Å². The minimum absolute atomic E-state index is 0.00629. The Labute approximate surface area is 181 Å². The molecule has 1 aliphatic heterocycles. The Hall–Kier alpha value is -3.23. The Balaban J connectivity index is 1.52.